The quantitative estimate of drug-likeness (QED) is 0.887. The van der Waals surface area contributed by atoms with Crippen molar-refractivity contribution in [2.24, 2.45) is 0 Å². The van der Waals surface area contributed by atoms with Crippen LogP contribution in [0.25, 0.3) is 0 Å². The highest BCUT2D eigenvalue weighted by molar-refractivity contribution is 5.81. The van der Waals surface area contributed by atoms with Crippen LogP contribution in [-0.4, -0.2) is 17.4 Å². The van der Waals surface area contributed by atoms with Gasteiger partial charge in [0.25, 0.3) is 0 Å². The standard InChI is InChI=1S/C16H16F3N3O/c1-11(12-5-7-20-8-6-12)22-15(23)10-21-14-4-2-3-13(9-14)16(17,18)19/h2-9,11,21H,10H2,1H3,(H,22,23)/t11-/m1/s1. The van der Waals surface area contributed by atoms with Crippen molar-refractivity contribution >= 4 is 11.6 Å². The van der Waals surface area contributed by atoms with Crippen molar-refractivity contribution in [1.82, 2.24) is 10.3 Å². The average Bonchev–Trinajstić information content (AvgIpc) is 2.53. The maximum Gasteiger partial charge on any atom is 0.416 e. The molecule has 0 bridgehead atoms. The van der Waals surface area contributed by atoms with E-state index in [9.17, 15) is 18.0 Å². The zero-order chi connectivity index (χ0) is 16.9. The molecule has 1 aromatic carbocycles. The van der Waals surface area contributed by atoms with Crippen molar-refractivity contribution < 1.29 is 18.0 Å². The third-order valence-corrected chi connectivity index (χ3v) is 3.23. The van der Waals surface area contributed by atoms with E-state index >= 15 is 0 Å². The molecular formula is C16H16F3N3O. The molecule has 0 radical (unpaired) electrons. The molecule has 0 fully saturated rings. The van der Waals surface area contributed by atoms with Gasteiger partial charge in [0.15, 0.2) is 0 Å². The Morgan fingerprint density at radius 1 is 1.22 bits per heavy atom. The maximum absolute atomic E-state index is 12.6. The fraction of sp³-hybridized carbons (Fsp3) is 0.250. The number of halogens is 3. The molecule has 0 saturated heterocycles. The molecule has 1 atom stereocenters. The number of benzene rings is 1. The molecule has 1 amide bonds. The highest BCUT2D eigenvalue weighted by Crippen LogP contribution is 2.30. The molecule has 0 aliphatic rings. The van der Waals surface area contributed by atoms with E-state index in [0.717, 1.165) is 17.7 Å². The molecule has 4 nitrogen and oxygen atoms in total. The highest BCUT2D eigenvalue weighted by Gasteiger charge is 2.30. The maximum atomic E-state index is 12.6. The summed E-state index contributed by atoms with van der Waals surface area (Å²) in [4.78, 5) is 15.8. The Hall–Kier alpha value is -2.57. The fourth-order valence-corrected chi connectivity index (χ4v) is 2.02. The van der Waals surface area contributed by atoms with Crippen molar-refractivity contribution in [3.05, 3.63) is 59.9 Å². The molecule has 2 aromatic rings. The summed E-state index contributed by atoms with van der Waals surface area (Å²) >= 11 is 0. The van der Waals surface area contributed by atoms with Crippen molar-refractivity contribution in [1.29, 1.82) is 0 Å². The largest absolute Gasteiger partial charge is 0.416 e. The number of nitrogens with one attached hydrogen (secondary N) is 2. The van der Waals surface area contributed by atoms with E-state index in [1.165, 1.54) is 12.1 Å². The molecular weight excluding hydrogens is 307 g/mol. The number of hydrogen-bond donors (Lipinski definition) is 2. The molecule has 7 heteroatoms. The second-order valence-corrected chi connectivity index (χ2v) is 5.00. The van der Waals surface area contributed by atoms with Crippen molar-refractivity contribution in [2.45, 2.75) is 19.1 Å². The van der Waals surface area contributed by atoms with E-state index in [4.69, 9.17) is 0 Å². The number of carbonyl (C=O) groups excluding carboxylic acids is 1. The van der Waals surface area contributed by atoms with E-state index in [0.29, 0.717) is 0 Å². The SMILES string of the molecule is C[C@@H](NC(=O)CNc1cccc(C(F)(F)F)c1)c1ccncc1. The Balaban J connectivity index is 1.90. The van der Waals surface area contributed by atoms with E-state index in [1.54, 1.807) is 24.5 Å². The first-order valence-electron chi connectivity index (χ1n) is 6.96. The van der Waals surface area contributed by atoms with Crippen LogP contribution in [0, 0.1) is 0 Å². The second-order valence-electron chi connectivity index (χ2n) is 5.00. The number of amides is 1. The topological polar surface area (TPSA) is 54.0 Å². The molecule has 2 rings (SSSR count). The molecule has 122 valence electrons. The summed E-state index contributed by atoms with van der Waals surface area (Å²) in [5.41, 5.74) is 0.381. The molecule has 0 aliphatic carbocycles. The predicted molar refractivity (Wildman–Crippen MR) is 80.7 cm³/mol. The zero-order valence-electron chi connectivity index (χ0n) is 12.4. The third kappa shape index (κ3) is 4.98. The van der Waals surface area contributed by atoms with Gasteiger partial charge in [-0.15, -0.1) is 0 Å². The molecule has 0 aliphatic heterocycles. The van der Waals surface area contributed by atoms with Gasteiger partial charge in [0.2, 0.25) is 5.91 Å². The van der Waals surface area contributed by atoms with Gasteiger partial charge < -0.3 is 10.6 Å². The summed E-state index contributed by atoms with van der Waals surface area (Å²) in [6.07, 6.45) is -1.16. The summed E-state index contributed by atoms with van der Waals surface area (Å²) in [7, 11) is 0. The highest BCUT2D eigenvalue weighted by atomic mass is 19.4. The van der Waals surface area contributed by atoms with Crippen LogP contribution in [-0.2, 0) is 11.0 Å². The molecule has 23 heavy (non-hydrogen) atoms. The predicted octanol–water partition coefficient (Wildman–Crippen LogP) is 3.39. The lowest BCUT2D eigenvalue weighted by molar-refractivity contribution is -0.137. The van der Waals surface area contributed by atoms with Crippen LogP contribution in [0.4, 0.5) is 18.9 Å². The molecule has 1 aromatic heterocycles. The molecule has 1 heterocycles. The Morgan fingerprint density at radius 3 is 2.57 bits per heavy atom. The van der Waals surface area contributed by atoms with Gasteiger partial charge in [-0.1, -0.05) is 6.07 Å². The van der Waals surface area contributed by atoms with Crippen LogP contribution in [0.2, 0.25) is 0 Å². The Bertz CT molecular complexity index is 659. The van der Waals surface area contributed by atoms with Crippen LogP contribution in [0.1, 0.15) is 24.1 Å². The molecule has 0 spiro atoms. The Kier molecular flexibility index (Phi) is 5.20. The molecule has 0 unspecified atom stereocenters. The van der Waals surface area contributed by atoms with Gasteiger partial charge in [-0.2, -0.15) is 13.2 Å². The number of aromatic nitrogens is 1. The first-order chi connectivity index (χ1) is 10.9. The summed E-state index contributed by atoms with van der Waals surface area (Å²) in [5, 5.41) is 5.45. The number of rotatable bonds is 5. The Morgan fingerprint density at radius 2 is 1.91 bits per heavy atom. The lowest BCUT2D eigenvalue weighted by Gasteiger charge is -2.15. The van der Waals surface area contributed by atoms with Crippen LogP contribution >= 0.6 is 0 Å². The summed E-state index contributed by atoms with van der Waals surface area (Å²) in [6, 6.07) is 8.08. The monoisotopic (exact) mass is 323 g/mol. The number of pyridine rings is 1. The van der Waals surface area contributed by atoms with Gasteiger partial charge in [0, 0.05) is 18.1 Å². The van der Waals surface area contributed by atoms with Crippen molar-refractivity contribution in [3.8, 4) is 0 Å². The van der Waals surface area contributed by atoms with Crippen LogP contribution < -0.4 is 10.6 Å². The number of alkyl halides is 3. The number of carbonyl (C=O) groups is 1. The van der Waals surface area contributed by atoms with Gasteiger partial charge >= 0.3 is 6.18 Å². The van der Waals surface area contributed by atoms with E-state index in [2.05, 4.69) is 15.6 Å². The van der Waals surface area contributed by atoms with Gasteiger partial charge in [0.05, 0.1) is 18.2 Å². The first kappa shape index (κ1) is 16.8. The lowest BCUT2D eigenvalue weighted by atomic mass is 10.1. The van der Waals surface area contributed by atoms with E-state index < -0.39 is 11.7 Å². The average molecular weight is 323 g/mol. The van der Waals surface area contributed by atoms with Gasteiger partial charge in [-0.05, 0) is 42.8 Å². The van der Waals surface area contributed by atoms with Crippen molar-refractivity contribution in [2.75, 3.05) is 11.9 Å². The number of anilines is 1. The Labute approximate surface area is 131 Å². The molecule has 2 N–H and O–H groups in total. The van der Waals surface area contributed by atoms with Gasteiger partial charge in [-0.3, -0.25) is 9.78 Å². The summed E-state index contributed by atoms with van der Waals surface area (Å²) in [5.74, 6) is -0.313. The smallest absolute Gasteiger partial charge is 0.376 e. The minimum absolute atomic E-state index is 0.114. The lowest BCUT2D eigenvalue weighted by Crippen LogP contribution is -2.32. The van der Waals surface area contributed by atoms with Crippen LogP contribution in [0.15, 0.2) is 48.8 Å². The minimum Gasteiger partial charge on any atom is -0.376 e. The second kappa shape index (κ2) is 7.13. The van der Waals surface area contributed by atoms with E-state index in [-0.39, 0.29) is 24.2 Å². The fourth-order valence-electron chi connectivity index (χ4n) is 2.02. The van der Waals surface area contributed by atoms with Crippen LogP contribution in [0.5, 0.6) is 0 Å². The van der Waals surface area contributed by atoms with Gasteiger partial charge in [0.1, 0.15) is 0 Å². The molecule has 0 saturated carbocycles. The third-order valence-electron chi connectivity index (χ3n) is 3.23. The first-order valence-corrected chi connectivity index (χ1v) is 6.96. The van der Waals surface area contributed by atoms with E-state index in [1.807, 2.05) is 6.92 Å². The number of hydrogen-bond acceptors (Lipinski definition) is 3. The van der Waals surface area contributed by atoms with Crippen LogP contribution in [0.3, 0.4) is 0 Å². The summed E-state index contributed by atoms with van der Waals surface area (Å²) in [6.45, 7) is 1.70. The zero-order valence-corrected chi connectivity index (χ0v) is 12.4. The van der Waals surface area contributed by atoms with Crippen molar-refractivity contribution in [3.63, 3.8) is 0 Å². The van der Waals surface area contributed by atoms with Gasteiger partial charge in [-0.25, -0.2) is 0 Å². The minimum atomic E-state index is -4.41. The number of nitrogens with zero attached hydrogens (tertiary/aromatic N) is 1. The normalized spacial score (nSPS) is 12.5. The summed E-state index contributed by atoms with van der Waals surface area (Å²) < 4.78 is 37.8.